The van der Waals surface area contributed by atoms with E-state index in [2.05, 4.69) is 23.9 Å². The van der Waals surface area contributed by atoms with E-state index >= 15 is 0 Å². The van der Waals surface area contributed by atoms with E-state index in [-0.39, 0.29) is 0 Å². The van der Waals surface area contributed by atoms with E-state index < -0.39 is 0 Å². The third-order valence-electron chi connectivity index (χ3n) is 2.99. The van der Waals surface area contributed by atoms with Crippen LogP contribution in [0.25, 0.3) is 5.69 Å². The molecule has 1 aromatic carbocycles. The first-order chi connectivity index (χ1) is 9.63. The van der Waals surface area contributed by atoms with Crippen molar-refractivity contribution in [2.45, 2.75) is 26.7 Å². The van der Waals surface area contributed by atoms with Crippen molar-refractivity contribution in [3.63, 3.8) is 0 Å². The van der Waals surface area contributed by atoms with Crippen LogP contribution >= 0.6 is 0 Å². The predicted molar refractivity (Wildman–Crippen MR) is 79.2 cm³/mol. The van der Waals surface area contributed by atoms with Gasteiger partial charge >= 0.3 is 0 Å². The Hall–Kier alpha value is -1.88. The van der Waals surface area contributed by atoms with Gasteiger partial charge in [-0.1, -0.05) is 13.8 Å². The summed E-state index contributed by atoms with van der Waals surface area (Å²) < 4.78 is 7.05. The third-order valence-corrected chi connectivity index (χ3v) is 2.99. The van der Waals surface area contributed by atoms with E-state index in [1.807, 2.05) is 28.9 Å². The fourth-order valence-electron chi connectivity index (χ4n) is 2.06. The predicted octanol–water partition coefficient (Wildman–Crippen LogP) is 1.98. The van der Waals surface area contributed by atoms with Crippen LogP contribution in [0.5, 0.6) is 5.75 Å². The number of ether oxygens (including phenoxy) is 1. The quantitative estimate of drug-likeness (QED) is 0.874. The lowest BCUT2D eigenvalue weighted by atomic mass is 10.1. The van der Waals surface area contributed by atoms with Gasteiger partial charge in [-0.25, -0.2) is 9.67 Å². The lowest BCUT2D eigenvalue weighted by Crippen LogP contribution is -2.09. The zero-order valence-electron chi connectivity index (χ0n) is 12.3. The van der Waals surface area contributed by atoms with Crippen LogP contribution < -0.4 is 10.5 Å². The first kappa shape index (κ1) is 14.5. The van der Waals surface area contributed by atoms with Gasteiger partial charge in [-0.2, -0.15) is 5.10 Å². The van der Waals surface area contributed by atoms with Gasteiger partial charge in [-0.05, 0) is 36.7 Å². The molecule has 2 N–H and O–H groups in total. The molecule has 2 rings (SSSR count). The second kappa shape index (κ2) is 6.52. The van der Waals surface area contributed by atoms with Crippen LogP contribution in [-0.2, 0) is 12.8 Å². The monoisotopic (exact) mass is 274 g/mol. The number of nitrogens with two attached hydrogens (primary N) is 1. The molecule has 1 heterocycles. The Kier molecular flexibility index (Phi) is 4.74. The molecule has 5 heteroatoms. The van der Waals surface area contributed by atoms with Gasteiger partial charge in [0.1, 0.15) is 11.6 Å². The van der Waals surface area contributed by atoms with Crippen molar-refractivity contribution >= 4 is 0 Å². The van der Waals surface area contributed by atoms with Crippen LogP contribution in [-0.4, -0.2) is 28.4 Å². The van der Waals surface area contributed by atoms with E-state index in [0.29, 0.717) is 12.5 Å². The molecule has 0 bridgehead atoms. The summed E-state index contributed by atoms with van der Waals surface area (Å²) in [6.45, 7) is 4.89. The molecule has 0 aliphatic rings. The van der Waals surface area contributed by atoms with Crippen molar-refractivity contribution in [2.75, 3.05) is 13.7 Å². The van der Waals surface area contributed by atoms with Crippen molar-refractivity contribution in [3.8, 4) is 11.4 Å². The lowest BCUT2D eigenvalue weighted by Gasteiger charge is -2.06. The van der Waals surface area contributed by atoms with Gasteiger partial charge in [0.2, 0.25) is 0 Å². The molecule has 0 saturated heterocycles. The number of hydrogen-bond donors (Lipinski definition) is 1. The fourth-order valence-corrected chi connectivity index (χ4v) is 2.06. The van der Waals surface area contributed by atoms with Gasteiger partial charge in [0.25, 0.3) is 0 Å². The van der Waals surface area contributed by atoms with Gasteiger partial charge < -0.3 is 10.5 Å². The molecule has 5 nitrogen and oxygen atoms in total. The van der Waals surface area contributed by atoms with Crippen LogP contribution in [0.4, 0.5) is 0 Å². The highest BCUT2D eigenvalue weighted by Crippen LogP contribution is 2.16. The normalized spacial score (nSPS) is 11.1. The van der Waals surface area contributed by atoms with Crippen LogP contribution in [0, 0.1) is 5.92 Å². The largest absolute Gasteiger partial charge is 0.497 e. The summed E-state index contributed by atoms with van der Waals surface area (Å²) in [5, 5.41) is 4.60. The van der Waals surface area contributed by atoms with Gasteiger partial charge in [-0.3, -0.25) is 0 Å². The van der Waals surface area contributed by atoms with Crippen molar-refractivity contribution in [1.82, 2.24) is 14.8 Å². The van der Waals surface area contributed by atoms with Crippen LogP contribution in [0.15, 0.2) is 24.3 Å². The summed E-state index contributed by atoms with van der Waals surface area (Å²) in [4.78, 5) is 4.60. The highest BCUT2D eigenvalue weighted by Gasteiger charge is 2.12. The second-order valence-electron chi connectivity index (χ2n) is 5.19. The minimum absolute atomic E-state index is 0.535. The molecular formula is C15H22N4O. The van der Waals surface area contributed by atoms with Gasteiger partial charge in [0, 0.05) is 12.8 Å². The average Bonchev–Trinajstić information content (AvgIpc) is 2.81. The maximum absolute atomic E-state index is 5.66. The van der Waals surface area contributed by atoms with Gasteiger partial charge in [-0.15, -0.1) is 0 Å². The molecule has 0 radical (unpaired) electrons. The van der Waals surface area contributed by atoms with E-state index in [1.54, 1.807) is 7.11 Å². The lowest BCUT2D eigenvalue weighted by molar-refractivity contribution is 0.414. The van der Waals surface area contributed by atoms with Gasteiger partial charge in [0.15, 0.2) is 5.82 Å². The summed E-state index contributed by atoms with van der Waals surface area (Å²) >= 11 is 0. The average molecular weight is 274 g/mol. The summed E-state index contributed by atoms with van der Waals surface area (Å²) in [6.07, 6.45) is 1.60. The van der Waals surface area contributed by atoms with Crippen LogP contribution in [0.1, 0.15) is 25.5 Å². The summed E-state index contributed by atoms with van der Waals surface area (Å²) in [7, 11) is 1.66. The van der Waals surface area contributed by atoms with Crippen molar-refractivity contribution < 1.29 is 4.74 Å². The molecule has 0 saturated carbocycles. The Balaban J connectivity index is 2.34. The maximum atomic E-state index is 5.66. The smallest absolute Gasteiger partial charge is 0.151 e. The zero-order valence-corrected chi connectivity index (χ0v) is 12.3. The molecule has 0 amide bonds. The molecular weight excluding hydrogens is 252 g/mol. The highest BCUT2D eigenvalue weighted by molar-refractivity contribution is 5.37. The highest BCUT2D eigenvalue weighted by atomic mass is 16.5. The van der Waals surface area contributed by atoms with Crippen LogP contribution in [0.3, 0.4) is 0 Å². The molecule has 0 aliphatic carbocycles. The Labute approximate surface area is 119 Å². The Bertz CT molecular complexity index is 546. The Morgan fingerprint density at radius 1 is 1.25 bits per heavy atom. The molecule has 0 atom stereocenters. The maximum Gasteiger partial charge on any atom is 0.151 e. The summed E-state index contributed by atoms with van der Waals surface area (Å²) in [5.74, 6) is 3.15. The van der Waals surface area contributed by atoms with E-state index in [0.717, 1.165) is 35.9 Å². The number of nitrogens with zero attached hydrogens (tertiary/aromatic N) is 3. The van der Waals surface area contributed by atoms with E-state index in [1.165, 1.54) is 0 Å². The summed E-state index contributed by atoms with van der Waals surface area (Å²) in [5.41, 5.74) is 6.65. The molecule has 0 fully saturated rings. The SMILES string of the molecule is COc1ccc(-n2nc(CC(C)C)nc2CCN)cc1. The van der Waals surface area contributed by atoms with E-state index in [9.17, 15) is 0 Å². The Morgan fingerprint density at radius 2 is 1.95 bits per heavy atom. The number of methoxy groups -OCH3 is 1. The van der Waals surface area contributed by atoms with E-state index in [4.69, 9.17) is 10.5 Å². The summed E-state index contributed by atoms with van der Waals surface area (Å²) in [6, 6.07) is 7.80. The minimum Gasteiger partial charge on any atom is -0.497 e. The zero-order chi connectivity index (χ0) is 14.5. The third kappa shape index (κ3) is 3.36. The van der Waals surface area contributed by atoms with Crippen LogP contribution in [0.2, 0.25) is 0 Å². The van der Waals surface area contributed by atoms with Crippen molar-refractivity contribution in [1.29, 1.82) is 0 Å². The molecule has 108 valence electrons. The Morgan fingerprint density at radius 3 is 2.50 bits per heavy atom. The fraction of sp³-hybridized carbons (Fsp3) is 0.467. The number of benzene rings is 1. The molecule has 1 aromatic heterocycles. The molecule has 0 spiro atoms. The second-order valence-corrected chi connectivity index (χ2v) is 5.19. The standard InChI is InChI=1S/C15H22N4O/c1-11(2)10-14-17-15(8-9-16)19(18-14)12-4-6-13(20-3)7-5-12/h4-7,11H,8-10,16H2,1-3H3. The molecule has 0 aliphatic heterocycles. The number of rotatable bonds is 6. The topological polar surface area (TPSA) is 66.0 Å². The first-order valence-electron chi connectivity index (χ1n) is 6.93. The van der Waals surface area contributed by atoms with Crippen molar-refractivity contribution in [2.24, 2.45) is 11.7 Å². The molecule has 20 heavy (non-hydrogen) atoms. The molecule has 2 aromatic rings. The minimum atomic E-state index is 0.535. The van der Waals surface area contributed by atoms with Crippen molar-refractivity contribution in [3.05, 3.63) is 35.9 Å². The number of aromatic nitrogens is 3. The van der Waals surface area contributed by atoms with Gasteiger partial charge in [0.05, 0.1) is 12.8 Å². The first-order valence-corrected chi connectivity index (χ1v) is 6.93. The number of hydrogen-bond acceptors (Lipinski definition) is 4. The molecule has 0 unspecified atom stereocenters.